The van der Waals surface area contributed by atoms with Crippen molar-refractivity contribution in [3.63, 3.8) is 0 Å². The quantitative estimate of drug-likeness (QED) is 0.692. The normalized spacial score (nSPS) is 20.9. The number of carbonyl (C=O) groups is 2. The summed E-state index contributed by atoms with van der Waals surface area (Å²) in [5, 5.41) is 2.90. The van der Waals surface area contributed by atoms with E-state index in [2.05, 4.69) is 20.3 Å². The first-order valence-corrected chi connectivity index (χ1v) is 7.70. The molecule has 0 bridgehead atoms. The minimum atomic E-state index is -0.600. The highest BCUT2D eigenvalue weighted by atomic mass is 16.2. The number of benzene rings is 1. The number of carbonyl (C=O) groups excluding carboxylic acids is 2. The van der Waals surface area contributed by atoms with Crippen LogP contribution in [-0.2, 0) is 23.1 Å². The van der Waals surface area contributed by atoms with Gasteiger partial charge in [0.15, 0.2) is 6.29 Å². The first kappa shape index (κ1) is 13.3. The van der Waals surface area contributed by atoms with E-state index in [9.17, 15) is 9.59 Å². The van der Waals surface area contributed by atoms with Gasteiger partial charge in [-0.05, 0) is 42.2 Å². The Morgan fingerprint density at radius 2 is 1.92 bits per heavy atom. The van der Waals surface area contributed by atoms with E-state index in [1.807, 2.05) is 24.3 Å². The Hall–Kier alpha value is -3.15. The lowest BCUT2D eigenvalue weighted by molar-refractivity contribution is -0.120. The van der Waals surface area contributed by atoms with Gasteiger partial charge in [0.2, 0.25) is 5.91 Å². The lowest BCUT2D eigenvalue weighted by atomic mass is 9.79. The van der Waals surface area contributed by atoms with Crippen molar-refractivity contribution in [2.75, 3.05) is 5.32 Å². The summed E-state index contributed by atoms with van der Waals surface area (Å²) in [6.45, 7) is 0. The molecule has 0 saturated carbocycles. The predicted molar refractivity (Wildman–Crippen MR) is 86.9 cm³/mol. The van der Waals surface area contributed by atoms with Gasteiger partial charge in [-0.2, -0.15) is 0 Å². The molecule has 1 amide bonds. The fourth-order valence-corrected chi connectivity index (χ4v) is 3.85. The molecule has 116 valence electrons. The third-order valence-electron chi connectivity index (χ3n) is 4.98. The number of aldehydes is 1. The van der Waals surface area contributed by atoms with Gasteiger partial charge in [-0.1, -0.05) is 6.07 Å². The van der Waals surface area contributed by atoms with Crippen LogP contribution in [0.3, 0.4) is 0 Å². The lowest BCUT2D eigenvalue weighted by Crippen LogP contribution is -2.35. The van der Waals surface area contributed by atoms with Crippen LogP contribution in [0.5, 0.6) is 0 Å². The molecule has 2 aromatic heterocycles. The number of rotatable bonds is 1. The lowest BCUT2D eigenvalue weighted by Gasteiger charge is -2.20. The maximum atomic E-state index is 12.7. The number of hydrogen-bond acceptors (Lipinski definition) is 5. The highest BCUT2D eigenvalue weighted by Gasteiger charge is 2.51. The number of fused-ring (bicyclic) bond motifs is 4. The summed E-state index contributed by atoms with van der Waals surface area (Å²) in [6.07, 6.45) is 5.07. The van der Waals surface area contributed by atoms with Gasteiger partial charge in [-0.25, -0.2) is 9.97 Å². The molecule has 5 rings (SSSR count). The Kier molecular flexibility index (Phi) is 2.46. The maximum absolute atomic E-state index is 12.7. The second-order valence-corrected chi connectivity index (χ2v) is 6.31. The molecule has 24 heavy (non-hydrogen) atoms. The Morgan fingerprint density at radius 1 is 1.12 bits per heavy atom. The van der Waals surface area contributed by atoms with Crippen molar-refractivity contribution in [3.8, 4) is 0 Å². The maximum Gasteiger partial charge on any atom is 0.237 e. The van der Waals surface area contributed by atoms with Crippen LogP contribution in [-0.4, -0.2) is 27.1 Å². The molecule has 0 radical (unpaired) electrons. The van der Waals surface area contributed by atoms with Gasteiger partial charge in [0.05, 0.1) is 22.6 Å². The second-order valence-electron chi connectivity index (χ2n) is 6.31. The summed E-state index contributed by atoms with van der Waals surface area (Å²) in [5.74, 6) is 0.644. The molecular weight excluding hydrogens is 304 g/mol. The number of pyridine rings is 1. The predicted octanol–water partition coefficient (Wildman–Crippen LogP) is 1.83. The molecule has 0 fully saturated rings. The fraction of sp³-hybridized carbons (Fsp3) is 0.167. The van der Waals surface area contributed by atoms with E-state index in [0.29, 0.717) is 36.2 Å². The van der Waals surface area contributed by atoms with Crippen LogP contribution in [0.2, 0.25) is 0 Å². The molecule has 1 aromatic carbocycles. The fourth-order valence-electron chi connectivity index (χ4n) is 3.85. The first-order chi connectivity index (χ1) is 11.7. The highest BCUT2D eigenvalue weighted by Crippen LogP contribution is 2.46. The zero-order valence-corrected chi connectivity index (χ0v) is 12.6. The molecule has 1 aliphatic carbocycles. The number of aromatic nitrogens is 3. The van der Waals surface area contributed by atoms with Crippen molar-refractivity contribution in [2.24, 2.45) is 0 Å². The number of amides is 1. The van der Waals surface area contributed by atoms with Crippen LogP contribution in [0.1, 0.15) is 27.2 Å². The Balaban J connectivity index is 1.67. The van der Waals surface area contributed by atoms with Gasteiger partial charge >= 0.3 is 0 Å². The van der Waals surface area contributed by atoms with Gasteiger partial charge in [0.25, 0.3) is 0 Å². The summed E-state index contributed by atoms with van der Waals surface area (Å²) in [7, 11) is 0. The van der Waals surface area contributed by atoms with Gasteiger partial charge in [-0.15, -0.1) is 0 Å². The molecule has 3 aromatic rings. The summed E-state index contributed by atoms with van der Waals surface area (Å²) >= 11 is 0. The van der Waals surface area contributed by atoms with Crippen LogP contribution in [0.25, 0.3) is 11.0 Å². The third kappa shape index (κ3) is 1.62. The van der Waals surface area contributed by atoms with Crippen molar-refractivity contribution < 1.29 is 9.59 Å². The smallest absolute Gasteiger partial charge is 0.237 e. The monoisotopic (exact) mass is 316 g/mol. The van der Waals surface area contributed by atoms with E-state index in [0.717, 1.165) is 22.2 Å². The third-order valence-corrected chi connectivity index (χ3v) is 4.98. The van der Waals surface area contributed by atoms with E-state index in [-0.39, 0.29) is 5.91 Å². The van der Waals surface area contributed by atoms with Crippen LogP contribution in [0.15, 0.2) is 36.7 Å². The van der Waals surface area contributed by atoms with Crippen LogP contribution < -0.4 is 5.32 Å². The molecule has 1 spiro atoms. The van der Waals surface area contributed by atoms with E-state index in [1.165, 1.54) is 6.20 Å². The van der Waals surface area contributed by atoms with Crippen molar-refractivity contribution in [1.82, 2.24) is 15.0 Å². The van der Waals surface area contributed by atoms with Crippen molar-refractivity contribution in [3.05, 3.63) is 59.0 Å². The molecule has 6 nitrogen and oxygen atoms in total. The molecule has 0 saturated heterocycles. The van der Waals surface area contributed by atoms with E-state index in [4.69, 9.17) is 0 Å². The Morgan fingerprint density at radius 3 is 2.71 bits per heavy atom. The summed E-state index contributed by atoms with van der Waals surface area (Å²) < 4.78 is 0. The van der Waals surface area contributed by atoms with E-state index in [1.54, 1.807) is 6.20 Å². The molecular formula is C18H12N4O2. The van der Waals surface area contributed by atoms with Crippen LogP contribution in [0, 0.1) is 0 Å². The average Bonchev–Trinajstić information content (AvgIpc) is 3.10. The van der Waals surface area contributed by atoms with Gasteiger partial charge in [-0.3, -0.25) is 14.6 Å². The first-order valence-electron chi connectivity index (χ1n) is 7.70. The van der Waals surface area contributed by atoms with Gasteiger partial charge < -0.3 is 5.32 Å². The topological polar surface area (TPSA) is 84.8 Å². The zero-order valence-electron chi connectivity index (χ0n) is 12.6. The Labute approximate surface area is 137 Å². The molecule has 1 atom stereocenters. The zero-order chi connectivity index (χ0) is 16.3. The number of nitrogens with zero attached hydrogens (tertiary/aromatic N) is 3. The molecule has 6 heteroatoms. The highest BCUT2D eigenvalue weighted by molar-refractivity contribution is 6.06. The van der Waals surface area contributed by atoms with E-state index < -0.39 is 5.41 Å². The van der Waals surface area contributed by atoms with Crippen molar-refractivity contribution in [1.29, 1.82) is 0 Å². The van der Waals surface area contributed by atoms with Crippen LogP contribution in [0.4, 0.5) is 5.82 Å². The average molecular weight is 316 g/mol. The molecule has 2 aliphatic rings. The molecule has 1 aliphatic heterocycles. The van der Waals surface area contributed by atoms with Crippen LogP contribution >= 0.6 is 0 Å². The SMILES string of the molecule is O=Cc1cnc2cc3c(cc2n1)CC1(C3)C(=O)Nc2ncccc21. The molecule has 3 heterocycles. The standard InChI is InChI=1S/C18H12N4O2/c23-9-12-8-20-14-4-10-6-18(7-11(10)5-15(14)21-12)13-2-1-3-19-16(13)22-17(18)24/h1-5,8-9H,6-7H2,(H,19,22,24). The van der Waals surface area contributed by atoms with Crippen molar-refractivity contribution in [2.45, 2.75) is 18.3 Å². The molecule has 1 unspecified atom stereocenters. The van der Waals surface area contributed by atoms with Crippen molar-refractivity contribution >= 4 is 29.0 Å². The number of nitrogens with one attached hydrogen (secondary N) is 1. The summed E-state index contributed by atoms with van der Waals surface area (Å²) in [5.41, 5.74) is 4.25. The largest absolute Gasteiger partial charge is 0.310 e. The second kappa shape index (κ2) is 4.44. The summed E-state index contributed by atoms with van der Waals surface area (Å²) in [4.78, 5) is 36.5. The van der Waals surface area contributed by atoms with Gasteiger partial charge in [0, 0.05) is 11.8 Å². The molecule has 1 N–H and O–H groups in total. The number of anilines is 1. The summed E-state index contributed by atoms with van der Waals surface area (Å²) in [6, 6.07) is 7.75. The van der Waals surface area contributed by atoms with Gasteiger partial charge in [0.1, 0.15) is 11.5 Å². The van der Waals surface area contributed by atoms with E-state index >= 15 is 0 Å². The minimum absolute atomic E-state index is 0.00837. The Bertz CT molecular complexity index is 1050. The number of hydrogen-bond donors (Lipinski definition) is 1. The minimum Gasteiger partial charge on any atom is -0.310 e.